The lowest BCUT2D eigenvalue weighted by molar-refractivity contribution is 1.38. The normalized spacial score (nSPS) is 12.0. The fraction of sp³-hybridized carbons (Fsp3) is 0.238. The van der Waals surface area contributed by atoms with Gasteiger partial charge in [0.2, 0.25) is 0 Å². The molecule has 0 spiro atoms. The second-order valence-electron chi connectivity index (χ2n) is 6.53. The topological polar surface area (TPSA) is 0 Å². The highest BCUT2D eigenvalue weighted by molar-refractivity contribution is 6.25. The van der Waals surface area contributed by atoms with Crippen LogP contribution in [-0.2, 0) is 0 Å². The molecule has 0 aliphatic heterocycles. The summed E-state index contributed by atoms with van der Waals surface area (Å²) in [5.74, 6) is 0. The molecule has 0 nitrogen and oxygen atoms in total. The van der Waals surface area contributed by atoms with Crippen LogP contribution < -0.4 is 0 Å². The first-order chi connectivity index (χ1) is 9.99. The second kappa shape index (κ2) is 3.98. The molecule has 0 radical (unpaired) electrons. The van der Waals surface area contributed by atoms with E-state index in [1.54, 1.807) is 0 Å². The van der Waals surface area contributed by atoms with Crippen molar-refractivity contribution < 1.29 is 0 Å². The smallest absolute Gasteiger partial charge is 0.00211 e. The molecular weight excluding hydrogens is 252 g/mol. The van der Waals surface area contributed by atoms with Crippen molar-refractivity contribution in [1.82, 2.24) is 0 Å². The van der Waals surface area contributed by atoms with Crippen LogP contribution in [0.25, 0.3) is 32.3 Å². The van der Waals surface area contributed by atoms with E-state index in [1.165, 1.54) is 60.1 Å². The van der Waals surface area contributed by atoms with Crippen molar-refractivity contribution in [3.8, 4) is 0 Å². The fourth-order valence-electron chi connectivity index (χ4n) is 3.88. The Kier molecular flexibility index (Phi) is 2.39. The zero-order valence-electron chi connectivity index (χ0n) is 13.4. The summed E-state index contributed by atoms with van der Waals surface area (Å²) in [7, 11) is 0. The number of benzene rings is 4. The van der Waals surface area contributed by atoms with Gasteiger partial charge in [0.1, 0.15) is 0 Å². The fourth-order valence-corrected chi connectivity index (χ4v) is 3.88. The van der Waals surface area contributed by atoms with Gasteiger partial charge >= 0.3 is 0 Å². The van der Waals surface area contributed by atoms with Crippen LogP contribution in [0.1, 0.15) is 27.8 Å². The number of hydrogen-bond donors (Lipinski definition) is 0. The van der Waals surface area contributed by atoms with Crippen LogP contribution in [0.4, 0.5) is 0 Å². The molecule has 4 aromatic carbocycles. The molecule has 0 unspecified atom stereocenters. The summed E-state index contributed by atoms with van der Waals surface area (Å²) in [5, 5.41) is 8.55. The largest absolute Gasteiger partial charge is 0.0551 e. The van der Waals surface area contributed by atoms with E-state index in [4.69, 9.17) is 0 Å². The summed E-state index contributed by atoms with van der Waals surface area (Å²) < 4.78 is 0. The molecule has 0 N–H and O–H groups in total. The van der Waals surface area contributed by atoms with Gasteiger partial charge in [0.05, 0.1) is 0 Å². The van der Waals surface area contributed by atoms with Gasteiger partial charge in [-0.05, 0) is 94.8 Å². The molecule has 0 aliphatic carbocycles. The van der Waals surface area contributed by atoms with Gasteiger partial charge in [0, 0.05) is 0 Å². The van der Waals surface area contributed by atoms with E-state index < -0.39 is 0 Å². The van der Waals surface area contributed by atoms with Crippen LogP contribution in [0.15, 0.2) is 30.3 Å². The van der Waals surface area contributed by atoms with Gasteiger partial charge in [-0.2, -0.15) is 0 Å². The first kappa shape index (κ1) is 12.6. The lowest BCUT2D eigenvalue weighted by Gasteiger charge is -2.18. The Balaban J connectivity index is 2.48. The van der Waals surface area contributed by atoms with E-state index in [-0.39, 0.29) is 0 Å². The molecule has 0 fully saturated rings. The maximum Gasteiger partial charge on any atom is -0.00211 e. The van der Waals surface area contributed by atoms with Gasteiger partial charge in [0.15, 0.2) is 0 Å². The minimum atomic E-state index is 1.38. The van der Waals surface area contributed by atoms with Gasteiger partial charge in [-0.25, -0.2) is 0 Å². The molecule has 0 saturated heterocycles. The van der Waals surface area contributed by atoms with E-state index in [9.17, 15) is 0 Å². The Labute approximate surface area is 125 Å². The predicted molar refractivity (Wildman–Crippen MR) is 93.8 cm³/mol. The average Bonchev–Trinajstić information content (AvgIpc) is 2.45. The molecule has 4 aromatic rings. The first-order valence-corrected chi connectivity index (χ1v) is 7.64. The van der Waals surface area contributed by atoms with E-state index >= 15 is 0 Å². The van der Waals surface area contributed by atoms with Crippen molar-refractivity contribution in [2.24, 2.45) is 0 Å². The summed E-state index contributed by atoms with van der Waals surface area (Å²) in [4.78, 5) is 0. The Morgan fingerprint density at radius 1 is 0.476 bits per heavy atom. The Morgan fingerprint density at radius 2 is 0.952 bits per heavy atom. The van der Waals surface area contributed by atoms with Gasteiger partial charge in [-0.1, -0.05) is 30.3 Å². The predicted octanol–water partition coefficient (Wildman–Crippen LogP) is 6.13. The van der Waals surface area contributed by atoms with Crippen LogP contribution in [0, 0.1) is 34.6 Å². The van der Waals surface area contributed by atoms with Crippen molar-refractivity contribution in [3.05, 3.63) is 58.1 Å². The molecule has 0 aromatic heterocycles. The van der Waals surface area contributed by atoms with Crippen LogP contribution in [0.2, 0.25) is 0 Å². The number of rotatable bonds is 0. The van der Waals surface area contributed by atoms with Crippen molar-refractivity contribution in [3.63, 3.8) is 0 Å². The van der Waals surface area contributed by atoms with Gasteiger partial charge in [0.25, 0.3) is 0 Å². The van der Waals surface area contributed by atoms with Crippen molar-refractivity contribution in [2.45, 2.75) is 34.6 Å². The molecule has 4 rings (SSSR count). The molecule has 0 heteroatoms. The minimum Gasteiger partial charge on any atom is -0.0551 e. The van der Waals surface area contributed by atoms with E-state index in [1.807, 2.05) is 0 Å². The van der Waals surface area contributed by atoms with E-state index in [0.717, 1.165) is 0 Å². The van der Waals surface area contributed by atoms with Crippen molar-refractivity contribution >= 4 is 32.3 Å². The Bertz CT molecular complexity index is 1010. The summed E-state index contributed by atoms with van der Waals surface area (Å²) in [6.45, 7) is 11.2. The van der Waals surface area contributed by atoms with E-state index in [2.05, 4.69) is 65.0 Å². The second-order valence-corrected chi connectivity index (χ2v) is 6.53. The summed E-state index contributed by atoms with van der Waals surface area (Å²) >= 11 is 0. The summed E-state index contributed by atoms with van der Waals surface area (Å²) in [5.41, 5.74) is 6.95. The van der Waals surface area contributed by atoms with Crippen LogP contribution in [-0.4, -0.2) is 0 Å². The first-order valence-electron chi connectivity index (χ1n) is 7.64. The highest BCUT2D eigenvalue weighted by atomic mass is 14.2. The van der Waals surface area contributed by atoms with Crippen LogP contribution in [0.5, 0.6) is 0 Å². The lowest BCUT2D eigenvalue weighted by Crippen LogP contribution is -1.94. The van der Waals surface area contributed by atoms with Crippen molar-refractivity contribution in [1.29, 1.82) is 0 Å². The molecule has 21 heavy (non-hydrogen) atoms. The zero-order valence-corrected chi connectivity index (χ0v) is 13.4. The highest BCUT2D eigenvalue weighted by Crippen LogP contribution is 2.40. The van der Waals surface area contributed by atoms with Gasteiger partial charge in [-0.3, -0.25) is 0 Å². The van der Waals surface area contributed by atoms with Gasteiger partial charge in [-0.15, -0.1) is 0 Å². The third kappa shape index (κ3) is 1.51. The molecule has 0 heterocycles. The highest BCUT2D eigenvalue weighted by Gasteiger charge is 2.15. The average molecular weight is 272 g/mol. The zero-order chi connectivity index (χ0) is 14.9. The van der Waals surface area contributed by atoms with Gasteiger partial charge < -0.3 is 0 Å². The minimum absolute atomic E-state index is 1.38. The third-order valence-corrected chi connectivity index (χ3v) is 5.17. The summed E-state index contributed by atoms with van der Waals surface area (Å²) in [6, 6.07) is 11.7. The Morgan fingerprint density at radius 3 is 1.67 bits per heavy atom. The Hall–Kier alpha value is -2.08. The van der Waals surface area contributed by atoms with E-state index in [0.29, 0.717) is 0 Å². The standard InChI is InChI=1S/C21H20/c1-11-9-18-14(4)10-19-13(3)8-12(2)16-6-7-17(15(11)5)21(18)20(16)19/h6-10H,1-5H3. The van der Waals surface area contributed by atoms with Crippen molar-refractivity contribution in [2.75, 3.05) is 0 Å². The molecule has 104 valence electrons. The maximum absolute atomic E-state index is 2.37. The number of hydrogen-bond acceptors (Lipinski definition) is 0. The maximum atomic E-state index is 2.37. The monoisotopic (exact) mass is 272 g/mol. The van der Waals surface area contributed by atoms with Crippen LogP contribution in [0.3, 0.4) is 0 Å². The molecule has 0 atom stereocenters. The lowest BCUT2D eigenvalue weighted by atomic mass is 9.85. The van der Waals surface area contributed by atoms with Crippen LogP contribution >= 0.6 is 0 Å². The molecule has 0 saturated carbocycles. The number of aryl methyl sites for hydroxylation is 5. The quantitative estimate of drug-likeness (QED) is 0.338. The molecule has 0 bridgehead atoms. The molecule has 0 aliphatic rings. The SMILES string of the molecule is Cc1cc2c(C)cc3c(C)cc(C)c4ccc(c1C)c2c43. The molecular formula is C21H20. The summed E-state index contributed by atoms with van der Waals surface area (Å²) in [6.07, 6.45) is 0. The molecule has 0 amide bonds. The third-order valence-electron chi connectivity index (χ3n) is 5.17.